The van der Waals surface area contributed by atoms with Gasteiger partial charge in [-0.2, -0.15) is 0 Å². The van der Waals surface area contributed by atoms with Gasteiger partial charge >= 0.3 is 0 Å². The van der Waals surface area contributed by atoms with Gasteiger partial charge in [-0.05, 0) is 51.1 Å². The lowest BCUT2D eigenvalue weighted by Crippen LogP contribution is -2.21. The Hall–Kier alpha value is -1.52. The first-order chi connectivity index (χ1) is 10.2. The van der Waals surface area contributed by atoms with E-state index in [0.29, 0.717) is 0 Å². The Morgan fingerprint density at radius 1 is 1.19 bits per heavy atom. The largest absolute Gasteiger partial charge is 0.491 e. The van der Waals surface area contributed by atoms with Crippen molar-refractivity contribution in [1.82, 2.24) is 9.88 Å². The molecule has 116 valence electrons. The van der Waals surface area contributed by atoms with Gasteiger partial charge in [0.05, 0.1) is 6.10 Å². The topological polar surface area (TPSA) is 35.4 Å². The van der Waals surface area contributed by atoms with Crippen LogP contribution in [0.2, 0.25) is 0 Å². The third kappa shape index (κ3) is 4.76. The zero-order valence-corrected chi connectivity index (χ0v) is 13.3. The average Bonchev–Trinajstić information content (AvgIpc) is 2.84. The van der Waals surface area contributed by atoms with Crippen LogP contribution in [0.3, 0.4) is 0 Å². The summed E-state index contributed by atoms with van der Waals surface area (Å²) in [6.07, 6.45) is 3.40. The van der Waals surface area contributed by atoms with Crippen LogP contribution in [0.4, 0.5) is 0 Å². The van der Waals surface area contributed by atoms with Crippen molar-refractivity contribution in [2.24, 2.45) is 0 Å². The van der Waals surface area contributed by atoms with Gasteiger partial charge in [0.15, 0.2) is 0 Å². The van der Waals surface area contributed by atoms with Crippen molar-refractivity contribution >= 4 is 10.9 Å². The summed E-state index contributed by atoms with van der Waals surface area (Å²) in [4.78, 5) is 0. The second-order valence-corrected chi connectivity index (χ2v) is 5.49. The normalized spacial score (nSPS) is 11.4. The summed E-state index contributed by atoms with van der Waals surface area (Å²) < 4.78 is 13.0. The summed E-state index contributed by atoms with van der Waals surface area (Å²) in [6, 6.07) is 8.44. The van der Waals surface area contributed by atoms with E-state index in [4.69, 9.17) is 9.47 Å². The van der Waals surface area contributed by atoms with Gasteiger partial charge in [-0.3, -0.25) is 0 Å². The van der Waals surface area contributed by atoms with Crippen molar-refractivity contribution in [3.05, 3.63) is 30.5 Å². The number of nitrogens with zero attached hydrogens (tertiary/aromatic N) is 1. The molecule has 0 radical (unpaired) electrons. The quantitative estimate of drug-likeness (QED) is 0.721. The molecule has 1 aromatic carbocycles. The third-order valence-electron chi connectivity index (χ3n) is 3.35. The summed E-state index contributed by atoms with van der Waals surface area (Å²) in [6.45, 7) is 7.85. The van der Waals surface area contributed by atoms with Gasteiger partial charge in [-0.1, -0.05) is 0 Å². The molecule has 21 heavy (non-hydrogen) atoms. The van der Waals surface area contributed by atoms with Crippen LogP contribution in [-0.4, -0.2) is 37.5 Å². The first-order valence-corrected chi connectivity index (χ1v) is 7.66. The van der Waals surface area contributed by atoms with Gasteiger partial charge in [-0.25, -0.2) is 0 Å². The van der Waals surface area contributed by atoms with Gasteiger partial charge in [0, 0.05) is 43.9 Å². The smallest absolute Gasteiger partial charge is 0.120 e. The highest BCUT2D eigenvalue weighted by Crippen LogP contribution is 2.22. The summed E-state index contributed by atoms with van der Waals surface area (Å²) in [5.41, 5.74) is 1.25. The number of rotatable bonds is 9. The fraction of sp³-hybridized carbons (Fsp3) is 0.529. The highest BCUT2D eigenvalue weighted by Gasteiger charge is 2.04. The van der Waals surface area contributed by atoms with Gasteiger partial charge in [0.25, 0.3) is 0 Å². The average molecular weight is 290 g/mol. The Morgan fingerprint density at radius 3 is 2.81 bits per heavy atom. The monoisotopic (exact) mass is 290 g/mol. The molecule has 2 rings (SSSR count). The van der Waals surface area contributed by atoms with Crippen LogP contribution in [0, 0.1) is 0 Å². The molecular weight excluding hydrogens is 264 g/mol. The van der Waals surface area contributed by atoms with E-state index in [1.807, 2.05) is 19.9 Å². The van der Waals surface area contributed by atoms with Gasteiger partial charge in [0.2, 0.25) is 0 Å². The number of hydrogen-bond donors (Lipinski definition) is 1. The number of hydrogen-bond acceptors (Lipinski definition) is 3. The zero-order chi connectivity index (χ0) is 15.1. The Labute approximate surface area is 127 Å². The standard InChI is InChI=1S/C17H26N2O2/c1-14(2)21-16-5-6-17-15(13-16)7-10-19(17)11-9-18-8-4-12-20-3/h5-7,10,13-14,18H,4,8-9,11-12H2,1-3H3. The Kier molecular flexibility index (Phi) is 6.08. The molecule has 0 aliphatic rings. The molecule has 0 amide bonds. The first-order valence-electron chi connectivity index (χ1n) is 7.66. The van der Waals surface area contributed by atoms with Crippen molar-refractivity contribution < 1.29 is 9.47 Å². The van der Waals surface area contributed by atoms with Crippen LogP contribution >= 0.6 is 0 Å². The predicted molar refractivity (Wildman–Crippen MR) is 87.1 cm³/mol. The lowest BCUT2D eigenvalue weighted by molar-refractivity contribution is 0.194. The molecule has 1 aromatic heterocycles. The second-order valence-electron chi connectivity index (χ2n) is 5.49. The molecule has 0 spiro atoms. The molecule has 1 heterocycles. The fourth-order valence-electron chi connectivity index (χ4n) is 2.38. The van der Waals surface area contributed by atoms with E-state index in [-0.39, 0.29) is 6.10 Å². The molecule has 1 N–H and O–H groups in total. The van der Waals surface area contributed by atoms with Crippen molar-refractivity contribution in [2.45, 2.75) is 32.9 Å². The molecule has 0 saturated heterocycles. The zero-order valence-electron chi connectivity index (χ0n) is 13.3. The molecule has 0 unspecified atom stereocenters. The van der Waals surface area contributed by atoms with Gasteiger partial charge in [0.1, 0.15) is 5.75 Å². The minimum absolute atomic E-state index is 0.209. The van der Waals surface area contributed by atoms with E-state index in [9.17, 15) is 0 Å². The first kappa shape index (κ1) is 15.9. The fourth-order valence-corrected chi connectivity index (χ4v) is 2.38. The van der Waals surface area contributed by atoms with Crippen molar-refractivity contribution in [1.29, 1.82) is 0 Å². The molecule has 4 heteroatoms. The van der Waals surface area contributed by atoms with Crippen LogP contribution in [-0.2, 0) is 11.3 Å². The maximum absolute atomic E-state index is 5.73. The highest BCUT2D eigenvalue weighted by atomic mass is 16.5. The summed E-state index contributed by atoms with van der Waals surface area (Å²) >= 11 is 0. The highest BCUT2D eigenvalue weighted by molar-refractivity contribution is 5.81. The van der Waals surface area contributed by atoms with Crippen molar-refractivity contribution in [3.63, 3.8) is 0 Å². The van der Waals surface area contributed by atoms with Gasteiger partial charge in [-0.15, -0.1) is 0 Å². The van der Waals surface area contributed by atoms with E-state index < -0.39 is 0 Å². The lowest BCUT2D eigenvalue weighted by atomic mass is 10.2. The summed E-state index contributed by atoms with van der Waals surface area (Å²) in [7, 11) is 1.74. The Morgan fingerprint density at radius 2 is 2.05 bits per heavy atom. The van der Waals surface area contributed by atoms with E-state index in [0.717, 1.165) is 38.4 Å². The Bertz CT molecular complexity index is 549. The van der Waals surface area contributed by atoms with Crippen molar-refractivity contribution in [2.75, 3.05) is 26.8 Å². The molecule has 0 atom stereocenters. The van der Waals surface area contributed by atoms with E-state index in [1.54, 1.807) is 7.11 Å². The summed E-state index contributed by atoms with van der Waals surface area (Å²) in [5, 5.41) is 4.66. The number of fused-ring (bicyclic) bond motifs is 1. The van der Waals surface area contributed by atoms with E-state index >= 15 is 0 Å². The summed E-state index contributed by atoms with van der Waals surface area (Å²) in [5.74, 6) is 0.938. The van der Waals surface area contributed by atoms with Gasteiger partial charge < -0.3 is 19.4 Å². The predicted octanol–water partition coefficient (Wildman–Crippen LogP) is 3.05. The van der Waals surface area contributed by atoms with Crippen LogP contribution in [0.1, 0.15) is 20.3 Å². The Balaban J connectivity index is 1.89. The number of benzene rings is 1. The van der Waals surface area contributed by atoms with Crippen LogP contribution < -0.4 is 10.1 Å². The molecule has 4 nitrogen and oxygen atoms in total. The van der Waals surface area contributed by atoms with Crippen LogP contribution in [0.15, 0.2) is 30.5 Å². The van der Waals surface area contributed by atoms with Crippen LogP contribution in [0.25, 0.3) is 10.9 Å². The third-order valence-corrected chi connectivity index (χ3v) is 3.35. The number of ether oxygens (including phenoxy) is 2. The van der Waals surface area contributed by atoms with E-state index in [2.05, 4.69) is 34.3 Å². The number of aromatic nitrogens is 1. The molecule has 0 saturated carbocycles. The molecule has 2 aromatic rings. The molecule has 0 fully saturated rings. The molecule has 0 aliphatic carbocycles. The minimum atomic E-state index is 0.209. The number of methoxy groups -OCH3 is 1. The maximum atomic E-state index is 5.73. The molecule has 0 aliphatic heterocycles. The lowest BCUT2D eigenvalue weighted by Gasteiger charge is -2.10. The maximum Gasteiger partial charge on any atom is 0.120 e. The SMILES string of the molecule is COCCCNCCn1ccc2cc(OC(C)C)ccc21. The minimum Gasteiger partial charge on any atom is -0.491 e. The molecular formula is C17H26N2O2. The number of nitrogens with one attached hydrogen (secondary N) is 1. The van der Waals surface area contributed by atoms with E-state index in [1.165, 1.54) is 10.9 Å². The second kappa shape index (κ2) is 8.05. The molecule has 0 bridgehead atoms. The van der Waals surface area contributed by atoms with Crippen molar-refractivity contribution in [3.8, 4) is 5.75 Å². The van der Waals surface area contributed by atoms with Crippen LogP contribution in [0.5, 0.6) is 5.75 Å².